The number of rotatable bonds is 6. The highest BCUT2D eigenvalue weighted by atomic mass is 16.7. The summed E-state index contributed by atoms with van der Waals surface area (Å²) in [4.78, 5) is 0. The van der Waals surface area contributed by atoms with Gasteiger partial charge in [-0.05, 0) is 18.1 Å². The fourth-order valence-corrected chi connectivity index (χ4v) is 2.65. The van der Waals surface area contributed by atoms with Crippen LogP contribution in [0.1, 0.15) is 43.7 Å². The lowest BCUT2D eigenvalue weighted by Gasteiger charge is -2.18. The van der Waals surface area contributed by atoms with E-state index in [1.807, 2.05) is 12.1 Å². The fourth-order valence-electron chi connectivity index (χ4n) is 2.65. The molecule has 0 aliphatic carbocycles. The summed E-state index contributed by atoms with van der Waals surface area (Å²) in [6.07, 6.45) is 2.17. The highest BCUT2D eigenvalue weighted by Crippen LogP contribution is 2.42. The molecule has 0 saturated carbocycles. The predicted octanol–water partition coefficient (Wildman–Crippen LogP) is 4.75. The molecule has 0 N–H and O–H groups in total. The van der Waals surface area contributed by atoms with Gasteiger partial charge in [0.1, 0.15) is 5.75 Å². The first-order valence-corrected chi connectivity index (χ1v) is 7.91. The number of benzene rings is 2. The second-order valence-electron chi connectivity index (χ2n) is 5.58. The summed E-state index contributed by atoms with van der Waals surface area (Å²) < 4.78 is 17.0. The van der Waals surface area contributed by atoms with Gasteiger partial charge in [-0.25, -0.2) is 0 Å². The second kappa shape index (κ2) is 6.73. The van der Waals surface area contributed by atoms with E-state index in [1.54, 1.807) is 0 Å². The third-order valence-electron chi connectivity index (χ3n) is 4.03. The molecule has 2 aromatic carbocycles. The Labute approximate surface area is 131 Å². The first-order valence-electron chi connectivity index (χ1n) is 7.91. The molecule has 0 radical (unpaired) electrons. The van der Waals surface area contributed by atoms with E-state index in [4.69, 9.17) is 14.2 Å². The summed E-state index contributed by atoms with van der Waals surface area (Å²) in [6, 6.07) is 14.5. The fraction of sp³-hybridized carbons (Fsp3) is 0.368. The molecule has 1 atom stereocenters. The monoisotopic (exact) mass is 298 g/mol. The van der Waals surface area contributed by atoms with Crippen LogP contribution in [0.4, 0.5) is 0 Å². The summed E-state index contributed by atoms with van der Waals surface area (Å²) in [5, 5.41) is 0. The lowest BCUT2D eigenvalue weighted by atomic mass is 9.92. The molecule has 0 amide bonds. The van der Waals surface area contributed by atoms with Crippen molar-refractivity contribution in [3.63, 3.8) is 0 Å². The molecule has 0 bridgehead atoms. The second-order valence-corrected chi connectivity index (χ2v) is 5.58. The summed E-state index contributed by atoms with van der Waals surface area (Å²) >= 11 is 0. The maximum Gasteiger partial charge on any atom is 0.231 e. The van der Waals surface area contributed by atoms with Gasteiger partial charge in [0, 0.05) is 17.5 Å². The van der Waals surface area contributed by atoms with Crippen LogP contribution >= 0.6 is 0 Å². The SMILES string of the molecule is CCCCOc1cc2c(cc1[C@@H](C)c1ccccc1)OCO2. The smallest absolute Gasteiger partial charge is 0.231 e. The third kappa shape index (κ3) is 3.03. The zero-order valence-corrected chi connectivity index (χ0v) is 13.2. The standard InChI is InChI=1S/C19H22O3/c1-3-4-10-20-17-12-19-18(21-13-22-19)11-16(17)14(2)15-8-6-5-7-9-15/h5-9,11-12,14H,3-4,10,13H2,1-2H3/t14-/m0/s1. The maximum absolute atomic E-state index is 6.01. The number of hydrogen-bond donors (Lipinski definition) is 0. The van der Waals surface area contributed by atoms with Crippen LogP contribution in [-0.2, 0) is 0 Å². The van der Waals surface area contributed by atoms with Crippen molar-refractivity contribution in [2.24, 2.45) is 0 Å². The van der Waals surface area contributed by atoms with Crippen molar-refractivity contribution in [3.8, 4) is 17.2 Å². The van der Waals surface area contributed by atoms with E-state index in [2.05, 4.69) is 44.2 Å². The molecule has 0 spiro atoms. The quantitative estimate of drug-likeness (QED) is 0.721. The molecule has 22 heavy (non-hydrogen) atoms. The third-order valence-corrected chi connectivity index (χ3v) is 4.03. The first kappa shape index (κ1) is 14.8. The summed E-state index contributed by atoms with van der Waals surface area (Å²) in [6.45, 7) is 5.37. The van der Waals surface area contributed by atoms with Crippen molar-refractivity contribution < 1.29 is 14.2 Å². The van der Waals surface area contributed by atoms with Crippen LogP contribution in [0.3, 0.4) is 0 Å². The van der Waals surface area contributed by atoms with Crippen molar-refractivity contribution in [2.45, 2.75) is 32.6 Å². The van der Waals surface area contributed by atoms with E-state index in [-0.39, 0.29) is 12.7 Å². The molecular formula is C19H22O3. The van der Waals surface area contributed by atoms with Crippen LogP contribution in [0.5, 0.6) is 17.2 Å². The van der Waals surface area contributed by atoms with Gasteiger partial charge >= 0.3 is 0 Å². The zero-order valence-electron chi connectivity index (χ0n) is 13.2. The molecular weight excluding hydrogens is 276 g/mol. The van der Waals surface area contributed by atoms with Gasteiger partial charge in [-0.1, -0.05) is 50.6 Å². The van der Waals surface area contributed by atoms with Crippen molar-refractivity contribution in [2.75, 3.05) is 13.4 Å². The lowest BCUT2D eigenvalue weighted by molar-refractivity contribution is 0.173. The Hall–Kier alpha value is -2.16. The van der Waals surface area contributed by atoms with Gasteiger partial charge in [0.05, 0.1) is 6.61 Å². The van der Waals surface area contributed by atoms with E-state index < -0.39 is 0 Å². The number of ether oxygens (including phenoxy) is 3. The van der Waals surface area contributed by atoms with Gasteiger partial charge in [0.25, 0.3) is 0 Å². The molecule has 0 unspecified atom stereocenters. The molecule has 0 saturated heterocycles. The Bertz CT molecular complexity index is 622. The average Bonchev–Trinajstić information content (AvgIpc) is 3.02. The molecule has 3 nitrogen and oxygen atoms in total. The van der Waals surface area contributed by atoms with Crippen molar-refractivity contribution in [1.82, 2.24) is 0 Å². The zero-order chi connectivity index (χ0) is 15.4. The van der Waals surface area contributed by atoms with Gasteiger partial charge in [-0.2, -0.15) is 0 Å². The number of fused-ring (bicyclic) bond motifs is 1. The van der Waals surface area contributed by atoms with Crippen LogP contribution < -0.4 is 14.2 Å². The molecule has 3 rings (SSSR count). The largest absolute Gasteiger partial charge is 0.493 e. The van der Waals surface area contributed by atoms with Gasteiger partial charge < -0.3 is 14.2 Å². The highest BCUT2D eigenvalue weighted by molar-refractivity contribution is 5.54. The van der Waals surface area contributed by atoms with Crippen LogP contribution in [0.25, 0.3) is 0 Å². The van der Waals surface area contributed by atoms with Crippen LogP contribution in [0.2, 0.25) is 0 Å². The Balaban J connectivity index is 1.93. The molecule has 3 heteroatoms. The molecule has 1 aliphatic rings. The first-order chi connectivity index (χ1) is 10.8. The van der Waals surface area contributed by atoms with Crippen molar-refractivity contribution in [1.29, 1.82) is 0 Å². The number of hydrogen-bond acceptors (Lipinski definition) is 3. The molecule has 0 fully saturated rings. The normalized spacial score (nSPS) is 13.9. The Kier molecular flexibility index (Phi) is 4.52. The summed E-state index contributed by atoms with van der Waals surface area (Å²) in [5.41, 5.74) is 2.41. The van der Waals surface area contributed by atoms with E-state index in [1.165, 1.54) is 5.56 Å². The average molecular weight is 298 g/mol. The van der Waals surface area contributed by atoms with Gasteiger partial charge in [0.15, 0.2) is 11.5 Å². The topological polar surface area (TPSA) is 27.7 Å². The van der Waals surface area contributed by atoms with Gasteiger partial charge in [-0.3, -0.25) is 0 Å². The highest BCUT2D eigenvalue weighted by Gasteiger charge is 2.21. The minimum absolute atomic E-state index is 0.243. The predicted molar refractivity (Wildman–Crippen MR) is 86.9 cm³/mol. The van der Waals surface area contributed by atoms with Crippen molar-refractivity contribution in [3.05, 3.63) is 53.6 Å². The summed E-state index contributed by atoms with van der Waals surface area (Å²) in [5.74, 6) is 2.72. The Morgan fingerprint density at radius 3 is 2.55 bits per heavy atom. The minimum atomic E-state index is 0.243. The molecule has 116 valence electrons. The van der Waals surface area contributed by atoms with Crippen LogP contribution in [-0.4, -0.2) is 13.4 Å². The van der Waals surface area contributed by atoms with Gasteiger partial charge in [-0.15, -0.1) is 0 Å². The summed E-state index contributed by atoms with van der Waals surface area (Å²) in [7, 11) is 0. The minimum Gasteiger partial charge on any atom is -0.493 e. The van der Waals surface area contributed by atoms with E-state index in [9.17, 15) is 0 Å². The molecule has 2 aromatic rings. The Morgan fingerprint density at radius 1 is 1.09 bits per heavy atom. The lowest BCUT2D eigenvalue weighted by Crippen LogP contribution is -2.03. The molecule has 0 aromatic heterocycles. The van der Waals surface area contributed by atoms with E-state index >= 15 is 0 Å². The van der Waals surface area contributed by atoms with E-state index in [0.717, 1.165) is 42.3 Å². The Morgan fingerprint density at radius 2 is 1.82 bits per heavy atom. The van der Waals surface area contributed by atoms with Gasteiger partial charge in [0.2, 0.25) is 6.79 Å². The number of unbranched alkanes of at least 4 members (excludes halogenated alkanes) is 1. The molecule has 1 heterocycles. The maximum atomic E-state index is 6.01. The van der Waals surface area contributed by atoms with Crippen LogP contribution in [0, 0.1) is 0 Å². The van der Waals surface area contributed by atoms with Crippen molar-refractivity contribution >= 4 is 0 Å². The van der Waals surface area contributed by atoms with E-state index in [0.29, 0.717) is 0 Å². The van der Waals surface area contributed by atoms with Crippen LogP contribution in [0.15, 0.2) is 42.5 Å². The molecule has 1 aliphatic heterocycles.